The van der Waals surface area contributed by atoms with Crippen molar-refractivity contribution in [1.82, 2.24) is 19.8 Å². The molecule has 148 valence electrons. The minimum Gasteiger partial charge on any atom is -0.363 e. The normalized spacial score (nSPS) is 14.8. The predicted molar refractivity (Wildman–Crippen MR) is 109 cm³/mol. The quantitative estimate of drug-likeness (QED) is 0.503. The summed E-state index contributed by atoms with van der Waals surface area (Å²) in [5.41, 5.74) is 7.20. The highest BCUT2D eigenvalue weighted by Gasteiger charge is 2.25. The molecule has 1 aliphatic rings. The van der Waals surface area contributed by atoms with Gasteiger partial charge in [-0.2, -0.15) is 0 Å². The molecule has 0 atom stereocenters. The molecule has 1 fully saturated rings. The molecule has 3 heterocycles. The number of fused-ring (bicyclic) bond motifs is 1. The van der Waals surface area contributed by atoms with Gasteiger partial charge in [-0.1, -0.05) is 30.3 Å². The highest BCUT2D eigenvalue weighted by atomic mass is 32.1. The molecule has 0 spiro atoms. The largest absolute Gasteiger partial charge is 0.363 e. The Bertz CT molecular complexity index is 1070. The average molecular weight is 409 g/mol. The number of ketones is 1. The number of hydrogen-bond donors (Lipinski definition) is 1. The standard InChI is InChI=1S/C20H19N5O3S/c21-19(27)17(26)18-16-15(12-29-18)22-10-14(23-16)20(28)25-8-6-24(7-9-25)11-13-4-2-1-3-5-13/h1-5,10,12H,6-9,11H2,(H2,21,27). The van der Waals surface area contributed by atoms with Crippen LogP contribution in [0.5, 0.6) is 0 Å². The molecule has 8 nitrogen and oxygen atoms in total. The maximum absolute atomic E-state index is 12.9. The number of aromatic nitrogens is 2. The van der Waals surface area contributed by atoms with E-state index in [2.05, 4.69) is 27.0 Å². The smallest absolute Gasteiger partial charge is 0.290 e. The lowest BCUT2D eigenvalue weighted by molar-refractivity contribution is -0.114. The van der Waals surface area contributed by atoms with Crippen LogP contribution in [-0.4, -0.2) is 63.5 Å². The number of nitrogens with two attached hydrogens (primary N) is 1. The lowest BCUT2D eigenvalue weighted by atomic mass is 10.2. The number of thiophene rings is 1. The van der Waals surface area contributed by atoms with E-state index in [0.717, 1.165) is 31.0 Å². The maximum atomic E-state index is 12.9. The fraction of sp³-hybridized carbons (Fsp3) is 0.250. The fourth-order valence-corrected chi connectivity index (χ4v) is 4.18. The molecule has 0 saturated carbocycles. The van der Waals surface area contributed by atoms with Crippen LogP contribution < -0.4 is 5.73 Å². The molecule has 0 radical (unpaired) electrons. The Hall–Kier alpha value is -3.17. The summed E-state index contributed by atoms with van der Waals surface area (Å²) < 4.78 is 0. The Morgan fingerprint density at radius 2 is 1.79 bits per heavy atom. The summed E-state index contributed by atoms with van der Waals surface area (Å²) in [6.45, 7) is 3.55. The monoisotopic (exact) mass is 409 g/mol. The van der Waals surface area contributed by atoms with Crippen molar-refractivity contribution in [2.24, 2.45) is 5.73 Å². The van der Waals surface area contributed by atoms with Crippen molar-refractivity contribution in [3.8, 4) is 0 Å². The van der Waals surface area contributed by atoms with E-state index in [1.807, 2.05) is 18.2 Å². The zero-order chi connectivity index (χ0) is 20.4. The van der Waals surface area contributed by atoms with Gasteiger partial charge >= 0.3 is 0 Å². The SMILES string of the molecule is NC(=O)C(=O)c1scc2ncc(C(=O)N3CCN(Cc4ccccc4)CC3)nc12. The van der Waals surface area contributed by atoms with Gasteiger partial charge in [0, 0.05) is 38.1 Å². The topological polar surface area (TPSA) is 109 Å². The summed E-state index contributed by atoms with van der Waals surface area (Å²) in [6, 6.07) is 10.2. The summed E-state index contributed by atoms with van der Waals surface area (Å²) in [5, 5.41) is 1.62. The minimum atomic E-state index is -1.05. The second-order valence-corrected chi connectivity index (χ2v) is 7.68. The van der Waals surface area contributed by atoms with Crippen molar-refractivity contribution < 1.29 is 14.4 Å². The van der Waals surface area contributed by atoms with E-state index in [9.17, 15) is 14.4 Å². The Kier molecular flexibility index (Phi) is 5.32. The lowest BCUT2D eigenvalue weighted by Gasteiger charge is -2.34. The van der Waals surface area contributed by atoms with Gasteiger partial charge in [-0.05, 0) is 5.56 Å². The van der Waals surface area contributed by atoms with E-state index in [1.165, 1.54) is 11.8 Å². The van der Waals surface area contributed by atoms with Crippen LogP contribution in [0.1, 0.15) is 25.7 Å². The molecule has 2 aromatic heterocycles. The Morgan fingerprint density at radius 3 is 2.48 bits per heavy atom. The Labute approximate surface area is 171 Å². The van der Waals surface area contributed by atoms with E-state index in [0.29, 0.717) is 18.6 Å². The zero-order valence-corrected chi connectivity index (χ0v) is 16.4. The zero-order valence-electron chi connectivity index (χ0n) is 15.6. The molecule has 2 N–H and O–H groups in total. The van der Waals surface area contributed by atoms with Crippen LogP contribution in [0.15, 0.2) is 41.9 Å². The predicted octanol–water partition coefficient (Wildman–Crippen LogP) is 1.32. The van der Waals surface area contributed by atoms with Crippen LogP contribution in [0.25, 0.3) is 11.0 Å². The summed E-state index contributed by atoms with van der Waals surface area (Å²) in [6.07, 6.45) is 1.41. The van der Waals surface area contributed by atoms with Crippen molar-refractivity contribution >= 4 is 40.0 Å². The molecule has 1 aliphatic heterocycles. The summed E-state index contributed by atoms with van der Waals surface area (Å²) in [5.74, 6) is -2.11. The maximum Gasteiger partial charge on any atom is 0.290 e. The van der Waals surface area contributed by atoms with Gasteiger partial charge in [0.2, 0.25) is 0 Å². The number of piperazine rings is 1. The van der Waals surface area contributed by atoms with Crippen LogP contribution in [0.3, 0.4) is 0 Å². The number of rotatable bonds is 5. The van der Waals surface area contributed by atoms with Crippen LogP contribution in [0, 0.1) is 0 Å². The molecular formula is C20H19N5O3S. The van der Waals surface area contributed by atoms with Crippen molar-refractivity contribution in [3.05, 3.63) is 58.0 Å². The number of Topliss-reactive ketones (excluding diaryl/α,β-unsaturated/α-hetero) is 1. The van der Waals surface area contributed by atoms with Crippen LogP contribution in [0.2, 0.25) is 0 Å². The van der Waals surface area contributed by atoms with Crippen LogP contribution in [0.4, 0.5) is 0 Å². The third-order valence-electron chi connectivity index (χ3n) is 4.86. The molecule has 0 bridgehead atoms. The van der Waals surface area contributed by atoms with E-state index >= 15 is 0 Å². The number of benzene rings is 1. The highest BCUT2D eigenvalue weighted by molar-refractivity contribution is 7.14. The van der Waals surface area contributed by atoms with Crippen LogP contribution >= 0.6 is 11.3 Å². The Balaban J connectivity index is 1.46. The van der Waals surface area contributed by atoms with E-state index in [4.69, 9.17) is 5.73 Å². The van der Waals surface area contributed by atoms with Crippen molar-refractivity contribution in [1.29, 1.82) is 0 Å². The first-order valence-corrected chi connectivity index (χ1v) is 10.0. The second-order valence-electron chi connectivity index (χ2n) is 6.80. The molecule has 0 unspecified atom stereocenters. The number of amides is 2. The average Bonchev–Trinajstić information content (AvgIpc) is 3.17. The summed E-state index contributed by atoms with van der Waals surface area (Å²) in [4.78, 5) is 48.7. The second kappa shape index (κ2) is 8.06. The highest BCUT2D eigenvalue weighted by Crippen LogP contribution is 2.23. The van der Waals surface area contributed by atoms with E-state index < -0.39 is 11.7 Å². The van der Waals surface area contributed by atoms with E-state index in [1.54, 1.807) is 10.3 Å². The van der Waals surface area contributed by atoms with Gasteiger partial charge < -0.3 is 10.6 Å². The summed E-state index contributed by atoms with van der Waals surface area (Å²) >= 11 is 1.05. The molecular weight excluding hydrogens is 390 g/mol. The van der Waals surface area contributed by atoms with E-state index in [-0.39, 0.29) is 22.0 Å². The molecule has 2 amide bonds. The number of nitrogens with zero attached hydrogens (tertiary/aromatic N) is 4. The number of carbonyl (C=O) groups excluding carboxylic acids is 3. The minimum absolute atomic E-state index is 0.113. The number of hydrogen-bond acceptors (Lipinski definition) is 7. The molecule has 29 heavy (non-hydrogen) atoms. The summed E-state index contributed by atoms with van der Waals surface area (Å²) in [7, 11) is 0. The third kappa shape index (κ3) is 4.01. The molecule has 9 heteroatoms. The van der Waals surface area contributed by atoms with Gasteiger partial charge in [0.15, 0.2) is 0 Å². The fourth-order valence-electron chi connectivity index (χ4n) is 3.31. The van der Waals surface area contributed by atoms with Gasteiger partial charge in [0.25, 0.3) is 17.6 Å². The van der Waals surface area contributed by atoms with Gasteiger partial charge in [-0.25, -0.2) is 4.98 Å². The van der Waals surface area contributed by atoms with Gasteiger partial charge in [0.1, 0.15) is 21.6 Å². The lowest BCUT2D eigenvalue weighted by Crippen LogP contribution is -2.48. The van der Waals surface area contributed by atoms with Gasteiger partial charge in [-0.15, -0.1) is 11.3 Å². The van der Waals surface area contributed by atoms with Crippen LogP contribution in [-0.2, 0) is 11.3 Å². The first kappa shape index (κ1) is 19.2. The number of primary amides is 1. The molecule has 3 aromatic rings. The van der Waals surface area contributed by atoms with Crippen molar-refractivity contribution in [3.63, 3.8) is 0 Å². The van der Waals surface area contributed by atoms with Gasteiger partial charge in [0.05, 0.1) is 6.20 Å². The molecule has 0 aliphatic carbocycles. The van der Waals surface area contributed by atoms with Crippen molar-refractivity contribution in [2.45, 2.75) is 6.54 Å². The number of carbonyl (C=O) groups is 3. The molecule has 1 aromatic carbocycles. The third-order valence-corrected chi connectivity index (χ3v) is 5.82. The molecule has 1 saturated heterocycles. The first-order valence-electron chi connectivity index (χ1n) is 9.17. The van der Waals surface area contributed by atoms with Crippen molar-refractivity contribution in [2.75, 3.05) is 26.2 Å². The van der Waals surface area contributed by atoms with Gasteiger partial charge in [-0.3, -0.25) is 24.3 Å². The molecule has 4 rings (SSSR count). The Morgan fingerprint density at radius 1 is 1.07 bits per heavy atom. The first-order chi connectivity index (χ1) is 14.0.